The summed E-state index contributed by atoms with van der Waals surface area (Å²) in [6, 6.07) is 9.59. The van der Waals surface area contributed by atoms with Crippen molar-refractivity contribution in [2.24, 2.45) is 0 Å². The molecule has 1 amide bonds. The lowest BCUT2D eigenvalue weighted by molar-refractivity contribution is 0.0951. The summed E-state index contributed by atoms with van der Waals surface area (Å²) in [5, 5.41) is 2.89. The number of rotatable bonds is 3. The molecule has 1 aromatic heterocycles. The van der Waals surface area contributed by atoms with Gasteiger partial charge in [0.05, 0.1) is 0 Å². The summed E-state index contributed by atoms with van der Waals surface area (Å²) in [6.07, 6.45) is 0. The summed E-state index contributed by atoms with van der Waals surface area (Å²) in [5.41, 5.74) is 1.26. The lowest BCUT2D eigenvalue weighted by Gasteiger charge is -2.04. The van der Waals surface area contributed by atoms with Crippen LogP contribution in [0.2, 0.25) is 9.49 Å². The van der Waals surface area contributed by atoms with Crippen molar-refractivity contribution >= 4 is 40.6 Å². The van der Waals surface area contributed by atoms with E-state index in [1.807, 2.05) is 30.3 Å². The Morgan fingerprint density at radius 2 is 2.00 bits per heavy atom. The minimum atomic E-state index is -0.308. The molecule has 0 atom stereocenters. The van der Waals surface area contributed by atoms with E-state index in [0.29, 0.717) is 10.9 Å². The van der Waals surface area contributed by atoms with Gasteiger partial charge in [0.25, 0.3) is 5.91 Å². The number of nitrogens with one attached hydrogen (secondary N) is 1. The number of hydrogen-bond acceptors (Lipinski definition) is 3. The van der Waals surface area contributed by atoms with Gasteiger partial charge in [0, 0.05) is 6.54 Å². The normalized spacial score (nSPS) is 10.2. The Kier molecular flexibility index (Phi) is 3.99. The van der Waals surface area contributed by atoms with Crippen LogP contribution in [0.15, 0.2) is 30.3 Å². The SMILES string of the molecule is O=C(NCc1ccccc1)c1c(Cl)nsc1Cl. The van der Waals surface area contributed by atoms with Crippen LogP contribution in [0.4, 0.5) is 0 Å². The fraction of sp³-hybridized carbons (Fsp3) is 0.0909. The molecule has 1 aromatic carbocycles. The number of hydrogen-bond donors (Lipinski definition) is 1. The average molecular weight is 287 g/mol. The molecule has 0 fully saturated rings. The Hall–Kier alpha value is -1.10. The number of benzene rings is 1. The van der Waals surface area contributed by atoms with Crippen LogP contribution in [-0.4, -0.2) is 10.3 Å². The Morgan fingerprint density at radius 1 is 1.29 bits per heavy atom. The van der Waals surface area contributed by atoms with Crippen molar-refractivity contribution in [3.8, 4) is 0 Å². The third-order valence-corrected chi connectivity index (χ3v) is 3.54. The van der Waals surface area contributed by atoms with Crippen LogP contribution in [-0.2, 0) is 6.54 Å². The van der Waals surface area contributed by atoms with Gasteiger partial charge in [-0.25, -0.2) is 0 Å². The number of amides is 1. The molecule has 3 nitrogen and oxygen atoms in total. The molecule has 2 aromatic rings. The van der Waals surface area contributed by atoms with Gasteiger partial charge in [0.2, 0.25) is 0 Å². The minimum absolute atomic E-state index is 0.144. The minimum Gasteiger partial charge on any atom is -0.348 e. The van der Waals surface area contributed by atoms with Gasteiger partial charge in [0.15, 0.2) is 5.15 Å². The average Bonchev–Trinajstić information content (AvgIpc) is 2.67. The number of carbonyl (C=O) groups is 1. The zero-order valence-corrected chi connectivity index (χ0v) is 10.9. The molecule has 0 aliphatic carbocycles. The van der Waals surface area contributed by atoms with E-state index in [-0.39, 0.29) is 16.6 Å². The van der Waals surface area contributed by atoms with Crippen molar-refractivity contribution in [3.05, 3.63) is 50.9 Å². The molecule has 0 aliphatic heterocycles. The molecule has 0 spiro atoms. The lowest BCUT2D eigenvalue weighted by atomic mass is 10.2. The lowest BCUT2D eigenvalue weighted by Crippen LogP contribution is -2.22. The van der Waals surface area contributed by atoms with Crippen LogP contribution in [0.1, 0.15) is 15.9 Å². The van der Waals surface area contributed by atoms with Gasteiger partial charge >= 0.3 is 0 Å². The molecule has 1 heterocycles. The molecule has 17 heavy (non-hydrogen) atoms. The fourth-order valence-electron chi connectivity index (χ4n) is 1.30. The largest absolute Gasteiger partial charge is 0.348 e. The van der Waals surface area contributed by atoms with Gasteiger partial charge in [-0.3, -0.25) is 4.79 Å². The van der Waals surface area contributed by atoms with Crippen molar-refractivity contribution in [2.75, 3.05) is 0 Å². The second-order valence-corrected chi connectivity index (χ2v) is 5.02. The van der Waals surface area contributed by atoms with Crippen LogP contribution in [0.25, 0.3) is 0 Å². The molecule has 1 N–H and O–H groups in total. The predicted molar refractivity (Wildman–Crippen MR) is 69.7 cm³/mol. The highest BCUT2D eigenvalue weighted by Crippen LogP contribution is 2.27. The van der Waals surface area contributed by atoms with Crippen molar-refractivity contribution in [2.45, 2.75) is 6.54 Å². The number of carbonyl (C=O) groups excluding carboxylic acids is 1. The van der Waals surface area contributed by atoms with Gasteiger partial charge in [-0.2, -0.15) is 4.37 Å². The number of aromatic nitrogens is 1. The standard InChI is InChI=1S/C11H8Cl2N2OS/c12-9-8(10(13)17-15-9)11(16)14-6-7-4-2-1-3-5-7/h1-5H,6H2,(H,14,16). The number of nitrogens with zero attached hydrogens (tertiary/aromatic N) is 1. The van der Waals surface area contributed by atoms with Crippen LogP contribution < -0.4 is 5.32 Å². The molecule has 0 bridgehead atoms. The van der Waals surface area contributed by atoms with Crippen molar-refractivity contribution in [1.82, 2.24) is 9.69 Å². The Bertz CT molecular complexity index is 508. The smallest absolute Gasteiger partial charge is 0.257 e. The molecule has 0 saturated heterocycles. The summed E-state index contributed by atoms with van der Waals surface area (Å²) in [6.45, 7) is 0.433. The molecule has 0 unspecified atom stereocenters. The molecule has 6 heteroatoms. The van der Waals surface area contributed by atoms with E-state index in [1.165, 1.54) is 0 Å². The van der Waals surface area contributed by atoms with E-state index in [9.17, 15) is 4.79 Å². The first kappa shape index (κ1) is 12.4. The summed E-state index contributed by atoms with van der Waals surface area (Å²) >= 11 is 12.6. The van der Waals surface area contributed by atoms with Gasteiger partial charge in [-0.05, 0) is 17.1 Å². The fourth-order valence-corrected chi connectivity index (χ4v) is 2.50. The first-order valence-corrected chi connectivity index (χ1v) is 6.34. The number of halogens is 2. The highest BCUT2D eigenvalue weighted by molar-refractivity contribution is 7.11. The zero-order valence-electron chi connectivity index (χ0n) is 8.61. The third kappa shape index (κ3) is 2.97. The second-order valence-electron chi connectivity index (χ2n) is 3.29. The van der Waals surface area contributed by atoms with E-state index in [2.05, 4.69) is 9.69 Å². The van der Waals surface area contributed by atoms with Gasteiger partial charge < -0.3 is 5.32 Å². The van der Waals surface area contributed by atoms with Crippen molar-refractivity contribution < 1.29 is 4.79 Å². The maximum absolute atomic E-state index is 11.8. The molecule has 0 saturated carbocycles. The quantitative estimate of drug-likeness (QED) is 0.940. The monoisotopic (exact) mass is 286 g/mol. The molecule has 88 valence electrons. The van der Waals surface area contributed by atoms with E-state index in [1.54, 1.807) is 0 Å². The van der Waals surface area contributed by atoms with Crippen LogP contribution >= 0.6 is 34.7 Å². The van der Waals surface area contributed by atoms with Gasteiger partial charge in [-0.1, -0.05) is 53.5 Å². The zero-order chi connectivity index (χ0) is 12.3. The molecule has 0 aliphatic rings. The molecule has 2 rings (SSSR count). The highest BCUT2D eigenvalue weighted by atomic mass is 35.5. The summed E-state index contributed by atoms with van der Waals surface area (Å²) < 4.78 is 4.11. The van der Waals surface area contributed by atoms with Gasteiger partial charge in [-0.15, -0.1) is 0 Å². The van der Waals surface area contributed by atoms with Gasteiger partial charge in [0.1, 0.15) is 9.90 Å². The topological polar surface area (TPSA) is 42.0 Å². The Morgan fingerprint density at radius 3 is 2.59 bits per heavy atom. The van der Waals surface area contributed by atoms with E-state index >= 15 is 0 Å². The highest BCUT2D eigenvalue weighted by Gasteiger charge is 2.17. The molecule has 0 radical (unpaired) electrons. The second kappa shape index (κ2) is 5.49. The Balaban J connectivity index is 2.04. The first-order chi connectivity index (χ1) is 8.18. The third-order valence-electron chi connectivity index (χ3n) is 2.13. The summed E-state index contributed by atoms with van der Waals surface area (Å²) in [4.78, 5) is 11.8. The van der Waals surface area contributed by atoms with Crippen molar-refractivity contribution in [1.29, 1.82) is 0 Å². The predicted octanol–water partition coefficient (Wildman–Crippen LogP) is 3.38. The Labute approximate surface area is 113 Å². The summed E-state index contributed by atoms with van der Waals surface area (Å²) in [7, 11) is 0. The first-order valence-electron chi connectivity index (χ1n) is 4.81. The van der Waals surface area contributed by atoms with E-state index in [0.717, 1.165) is 17.1 Å². The van der Waals surface area contributed by atoms with Crippen LogP contribution in [0.3, 0.4) is 0 Å². The van der Waals surface area contributed by atoms with E-state index in [4.69, 9.17) is 23.2 Å². The maximum Gasteiger partial charge on any atom is 0.257 e. The van der Waals surface area contributed by atoms with Crippen molar-refractivity contribution in [3.63, 3.8) is 0 Å². The van der Waals surface area contributed by atoms with E-state index < -0.39 is 0 Å². The summed E-state index contributed by atoms with van der Waals surface area (Å²) in [5.74, 6) is -0.308. The molecular formula is C11H8Cl2N2OS. The maximum atomic E-state index is 11.8. The van der Waals surface area contributed by atoms with Crippen LogP contribution in [0, 0.1) is 0 Å². The van der Waals surface area contributed by atoms with Crippen LogP contribution in [0.5, 0.6) is 0 Å². The molecular weight excluding hydrogens is 279 g/mol.